The first kappa shape index (κ1) is 17.3. The van der Waals surface area contributed by atoms with Gasteiger partial charge in [-0.2, -0.15) is 0 Å². The number of carboxylic acids is 1. The zero-order valence-electron chi connectivity index (χ0n) is 12.7. The third-order valence-corrected chi connectivity index (χ3v) is 3.59. The van der Waals surface area contributed by atoms with E-state index in [1.807, 2.05) is 0 Å². The molecule has 0 radical (unpaired) electrons. The van der Waals surface area contributed by atoms with Crippen molar-refractivity contribution in [1.82, 2.24) is 9.80 Å². The average Bonchev–Trinajstić information content (AvgIpc) is 2.95. The fourth-order valence-electron chi connectivity index (χ4n) is 2.57. The second-order valence-corrected chi connectivity index (χ2v) is 5.06. The Morgan fingerprint density at radius 1 is 1.14 bits per heavy atom. The van der Waals surface area contributed by atoms with Gasteiger partial charge in [0, 0.05) is 12.6 Å². The van der Waals surface area contributed by atoms with Crippen molar-refractivity contribution in [3.8, 4) is 0 Å². The van der Waals surface area contributed by atoms with Gasteiger partial charge in [0.25, 0.3) is 0 Å². The summed E-state index contributed by atoms with van der Waals surface area (Å²) in [4.78, 5) is 37.8. The highest BCUT2D eigenvalue weighted by Gasteiger charge is 2.31. The number of likely N-dealkylation sites (N-methyl/N-ethyl adjacent to an activating group) is 1. The maximum absolute atomic E-state index is 12.5. The molecule has 1 N–H and O–H groups in total. The van der Waals surface area contributed by atoms with Gasteiger partial charge in [-0.25, -0.2) is 4.79 Å². The van der Waals surface area contributed by atoms with Gasteiger partial charge in [0.1, 0.15) is 13.1 Å². The Morgan fingerprint density at radius 2 is 1.76 bits per heavy atom. The van der Waals surface area contributed by atoms with Crippen LogP contribution in [-0.4, -0.2) is 65.2 Å². The highest BCUT2D eigenvalue weighted by Crippen LogP contribution is 2.24. The van der Waals surface area contributed by atoms with Crippen molar-refractivity contribution in [2.75, 3.05) is 26.2 Å². The van der Waals surface area contributed by atoms with Crippen molar-refractivity contribution in [2.45, 2.75) is 45.6 Å². The Bertz CT molecular complexity index is 380. The number of ether oxygens (including phenoxy) is 1. The lowest BCUT2D eigenvalue weighted by molar-refractivity contribution is -0.143. The maximum Gasteiger partial charge on any atom is 0.325 e. The Morgan fingerprint density at radius 3 is 2.24 bits per heavy atom. The molecule has 1 rings (SSSR count). The SMILES string of the molecule is CCOC(=O)CN(CC)C(=O)N(CC(=O)O)C1CCCC1. The Kier molecular flexibility index (Phi) is 6.98. The van der Waals surface area contributed by atoms with E-state index in [0.29, 0.717) is 6.54 Å². The number of rotatable bonds is 7. The van der Waals surface area contributed by atoms with Crippen LogP contribution in [0.2, 0.25) is 0 Å². The molecule has 1 aliphatic carbocycles. The molecule has 0 aromatic carbocycles. The first-order valence-corrected chi connectivity index (χ1v) is 7.42. The number of aliphatic carboxylic acids is 1. The predicted octanol–water partition coefficient (Wildman–Crippen LogP) is 1.32. The molecular weight excluding hydrogens is 276 g/mol. The number of carboxylic acid groups (broad SMARTS) is 1. The van der Waals surface area contributed by atoms with Crippen molar-refractivity contribution >= 4 is 18.0 Å². The lowest BCUT2D eigenvalue weighted by atomic mass is 10.2. The number of urea groups is 1. The summed E-state index contributed by atoms with van der Waals surface area (Å²) < 4.78 is 4.84. The van der Waals surface area contributed by atoms with Crippen LogP contribution in [0, 0.1) is 0 Å². The molecule has 2 amide bonds. The van der Waals surface area contributed by atoms with Crippen LogP contribution in [0.4, 0.5) is 4.79 Å². The molecule has 1 saturated carbocycles. The molecule has 1 aliphatic rings. The minimum absolute atomic E-state index is 0.0511. The molecule has 0 aliphatic heterocycles. The summed E-state index contributed by atoms with van der Waals surface area (Å²) in [5.74, 6) is -1.52. The van der Waals surface area contributed by atoms with Crippen molar-refractivity contribution in [2.24, 2.45) is 0 Å². The third kappa shape index (κ3) is 5.24. The summed E-state index contributed by atoms with van der Waals surface area (Å²) in [5.41, 5.74) is 0. The molecule has 7 nitrogen and oxygen atoms in total. The van der Waals surface area contributed by atoms with E-state index in [4.69, 9.17) is 9.84 Å². The molecule has 0 saturated heterocycles. The summed E-state index contributed by atoms with van der Waals surface area (Å²) in [6, 6.07) is -0.454. The number of nitrogens with zero attached hydrogens (tertiary/aromatic N) is 2. The topological polar surface area (TPSA) is 87.2 Å². The van der Waals surface area contributed by atoms with Crippen LogP contribution in [0.5, 0.6) is 0 Å². The lowest BCUT2D eigenvalue weighted by Crippen LogP contribution is -2.50. The van der Waals surface area contributed by atoms with Gasteiger partial charge in [0.2, 0.25) is 0 Å². The molecule has 21 heavy (non-hydrogen) atoms. The van der Waals surface area contributed by atoms with E-state index in [-0.39, 0.29) is 25.7 Å². The van der Waals surface area contributed by atoms with Crippen LogP contribution in [0.1, 0.15) is 39.5 Å². The van der Waals surface area contributed by atoms with Crippen molar-refractivity contribution < 1.29 is 24.2 Å². The number of amides is 2. The van der Waals surface area contributed by atoms with E-state index in [1.54, 1.807) is 13.8 Å². The molecular formula is C14H24N2O5. The Balaban J connectivity index is 2.75. The highest BCUT2D eigenvalue weighted by atomic mass is 16.5. The fraction of sp³-hybridized carbons (Fsp3) is 0.786. The highest BCUT2D eigenvalue weighted by molar-refractivity contribution is 5.84. The summed E-state index contributed by atoms with van der Waals surface area (Å²) in [6.45, 7) is 3.57. The van der Waals surface area contributed by atoms with Crippen LogP contribution in [0.3, 0.4) is 0 Å². The number of hydrogen-bond acceptors (Lipinski definition) is 4. The monoisotopic (exact) mass is 300 g/mol. The molecule has 7 heteroatoms. The maximum atomic E-state index is 12.5. The summed E-state index contributed by atoms with van der Waals surface area (Å²) >= 11 is 0. The second kappa shape index (κ2) is 8.49. The number of hydrogen-bond donors (Lipinski definition) is 1. The molecule has 0 spiro atoms. The number of carbonyl (C=O) groups excluding carboxylic acids is 2. The molecule has 0 atom stereocenters. The fourth-order valence-corrected chi connectivity index (χ4v) is 2.57. The average molecular weight is 300 g/mol. The van der Waals surface area contributed by atoms with Crippen LogP contribution >= 0.6 is 0 Å². The smallest absolute Gasteiger partial charge is 0.325 e. The standard InChI is InChI=1S/C14H24N2O5/c1-3-15(10-13(19)21-4-2)14(20)16(9-12(17)18)11-7-5-6-8-11/h11H,3-10H2,1-2H3,(H,17,18). The van der Waals surface area contributed by atoms with Crippen LogP contribution < -0.4 is 0 Å². The van der Waals surface area contributed by atoms with E-state index >= 15 is 0 Å². The van der Waals surface area contributed by atoms with E-state index in [9.17, 15) is 14.4 Å². The minimum atomic E-state index is -1.04. The van der Waals surface area contributed by atoms with Gasteiger partial charge in [-0.15, -0.1) is 0 Å². The molecule has 0 bridgehead atoms. The van der Waals surface area contributed by atoms with Gasteiger partial charge in [-0.3, -0.25) is 9.59 Å². The summed E-state index contributed by atoms with van der Waals surface area (Å²) in [7, 11) is 0. The van der Waals surface area contributed by atoms with E-state index in [2.05, 4.69) is 0 Å². The van der Waals surface area contributed by atoms with Crippen molar-refractivity contribution in [1.29, 1.82) is 0 Å². The van der Waals surface area contributed by atoms with Crippen molar-refractivity contribution in [3.63, 3.8) is 0 Å². The van der Waals surface area contributed by atoms with Crippen LogP contribution in [0.15, 0.2) is 0 Å². The van der Waals surface area contributed by atoms with Crippen LogP contribution in [0.25, 0.3) is 0 Å². The first-order valence-electron chi connectivity index (χ1n) is 7.42. The Labute approximate surface area is 124 Å². The van der Waals surface area contributed by atoms with Gasteiger partial charge in [0.05, 0.1) is 6.61 Å². The van der Waals surface area contributed by atoms with Gasteiger partial charge in [-0.05, 0) is 26.7 Å². The number of carbonyl (C=O) groups is 3. The third-order valence-electron chi connectivity index (χ3n) is 3.59. The zero-order chi connectivity index (χ0) is 15.8. The van der Waals surface area contributed by atoms with Crippen molar-refractivity contribution in [3.05, 3.63) is 0 Å². The van der Waals surface area contributed by atoms with E-state index < -0.39 is 18.0 Å². The molecule has 0 heterocycles. The second-order valence-electron chi connectivity index (χ2n) is 5.06. The first-order chi connectivity index (χ1) is 9.99. The predicted molar refractivity (Wildman–Crippen MR) is 75.9 cm³/mol. The van der Waals surface area contributed by atoms with E-state index in [0.717, 1.165) is 25.7 Å². The molecule has 0 aromatic heterocycles. The van der Waals surface area contributed by atoms with Gasteiger partial charge >= 0.3 is 18.0 Å². The Hall–Kier alpha value is -1.79. The molecule has 120 valence electrons. The van der Waals surface area contributed by atoms with Gasteiger partial charge < -0.3 is 19.6 Å². The van der Waals surface area contributed by atoms with E-state index in [1.165, 1.54) is 9.80 Å². The molecule has 0 unspecified atom stereocenters. The molecule has 1 fully saturated rings. The number of esters is 1. The summed E-state index contributed by atoms with van der Waals surface area (Å²) in [6.07, 6.45) is 3.63. The van der Waals surface area contributed by atoms with Gasteiger partial charge in [0.15, 0.2) is 0 Å². The zero-order valence-corrected chi connectivity index (χ0v) is 12.7. The van der Waals surface area contributed by atoms with Gasteiger partial charge in [-0.1, -0.05) is 12.8 Å². The lowest BCUT2D eigenvalue weighted by Gasteiger charge is -2.32. The van der Waals surface area contributed by atoms with Crippen LogP contribution in [-0.2, 0) is 14.3 Å². The minimum Gasteiger partial charge on any atom is -0.480 e. The normalized spacial score (nSPS) is 14.8. The quantitative estimate of drug-likeness (QED) is 0.716. The summed E-state index contributed by atoms with van der Waals surface area (Å²) in [5, 5.41) is 9.01. The largest absolute Gasteiger partial charge is 0.480 e. The molecule has 0 aromatic rings.